The van der Waals surface area contributed by atoms with Crippen molar-refractivity contribution in [2.75, 3.05) is 7.11 Å². The highest BCUT2D eigenvalue weighted by atomic mass is 32.2. The second-order valence-electron chi connectivity index (χ2n) is 6.39. The molecule has 4 rings (SSSR count). The van der Waals surface area contributed by atoms with Gasteiger partial charge in [0.05, 0.1) is 12.7 Å². The standard InChI is InChI=1S/C23H21N3OS/c1-17-10-6-7-11-18(17)16-28-23-25-24-22(20-14-8-9-15-21(20)27-2)26(23)19-12-4-3-5-13-19/h3-15H,16H2,1-2H3. The summed E-state index contributed by atoms with van der Waals surface area (Å²) in [5.74, 6) is 2.39. The van der Waals surface area contributed by atoms with Crippen LogP contribution >= 0.6 is 11.8 Å². The van der Waals surface area contributed by atoms with Gasteiger partial charge in [-0.1, -0.05) is 66.4 Å². The van der Waals surface area contributed by atoms with Crippen molar-refractivity contribution in [2.45, 2.75) is 17.8 Å². The molecule has 4 aromatic rings. The maximum absolute atomic E-state index is 5.56. The lowest BCUT2D eigenvalue weighted by Crippen LogP contribution is -2.01. The molecule has 3 aromatic carbocycles. The first-order valence-electron chi connectivity index (χ1n) is 9.09. The average Bonchev–Trinajstić information content (AvgIpc) is 3.17. The van der Waals surface area contributed by atoms with Crippen LogP contribution in [-0.2, 0) is 5.75 Å². The number of para-hydroxylation sites is 2. The third-order valence-electron chi connectivity index (χ3n) is 4.61. The molecule has 0 amide bonds. The van der Waals surface area contributed by atoms with Crippen molar-refractivity contribution < 1.29 is 4.74 Å². The van der Waals surface area contributed by atoms with Crippen molar-refractivity contribution in [2.24, 2.45) is 0 Å². The molecule has 0 aliphatic carbocycles. The zero-order valence-corrected chi connectivity index (χ0v) is 16.7. The van der Waals surface area contributed by atoms with Gasteiger partial charge in [-0.05, 0) is 42.3 Å². The second kappa shape index (κ2) is 8.31. The number of rotatable bonds is 6. The predicted molar refractivity (Wildman–Crippen MR) is 114 cm³/mol. The van der Waals surface area contributed by atoms with Crippen LogP contribution in [0.25, 0.3) is 17.1 Å². The summed E-state index contributed by atoms with van der Waals surface area (Å²) in [5.41, 5.74) is 4.53. The van der Waals surface area contributed by atoms with E-state index in [1.54, 1.807) is 18.9 Å². The van der Waals surface area contributed by atoms with Crippen LogP contribution in [0.15, 0.2) is 84.0 Å². The lowest BCUT2D eigenvalue weighted by Gasteiger charge is -2.12. The van der Waals surface area contributed by atoms with Gasteiger partial charge < -0.3 is 4.74 Å². The lowest BCUT2D eigenvalue weighted by atomic mass is 10.1. The Morgan fingerprint density at radius 1 is 0.857 bits per heavy atom. The van der Waals surface area contributed by atoms with Crippen LogP contribution in [0, 0.1) is 6.92 Å². The van der Waals surface area contributed by atoms with Crippen LogP contribution in [0.5, 0.6) is 5.75 Å². The summed E-state index contributed by atoms with van der Waals surface area (Å²) in [6.45, 7) is 2.14. The van der Waals surface area contributed by atoms with E-state index >= 15 is 0 Å². The highest BCUT2D eigenvalue weighted by Gasteiger charge is 2.19. The fourth-order valence-corrected chi connectivity index (χ4v) is 4.12. The summed E-state index contributed by atoms with van der Waals surface area (Å²) in [7, 11) is 1.68. The number of aryl methyl sites for hydroxylation is 1. The van der Waals surface area contributed by atoms with E-state index in [9.17, 15) is 0 Å². The number of nitrogens with zero attached hydrogens (tertiary/aromatic N) is 3. The molecule has 0 spiro atoms. The molecule has 5 heteroatoms. The molecule has 0 bridgehead atoms. The maximum atomic E-state index is 5.56. The van der Waals surface area contributed by atoms with Crippen molar-refractivity contribution in [1.29, 1.82) is 0 Å². The summed E-state index contributed by atoms with van der Waals surface area (Å²) in [5, 5.41) is 9.88. The summed E-state index contributed by atoms with van der Waals surface area (Å²) in [6, 6.07) is 26.5. The number of hydrogen-bond acceptors (Lipinski definition) is 4. The number of methoxy groups -OCH3 is 1. The van der Waals surface area contributed by atoms with Gasteiger partial charge in [-0.2, -0.15) is 0 Å². The first-order valence-corrected chi connectivity index (χ1v) is 10.1. The van der Waals surface area contributed by atoms with Gasteiger partial charge in [-0.25, -0.2) is 0 Å². The van der Waals surface area contributed by atoms with Crippen molar-refractivity contribution in [1.82, 2.24) is 14.8 Å². The molecule has 1 heterocycles. The van der Waals surface area contributed by atoms with E-state index in [2.05, 4.69) is 58.1 Å². The Balaban J connectivity index is 1.77. The quantitative estimate of drug-likeness (QED) is 0.407. The van der Waals surface area contributed by atoms with E-state index in [-0.39, 0.29) is 0 Å². The fourth-order valence-electron chi connectivity index (χ4n) is 3.09. The van der Waals surface area contributed by atoms with Crippen LogP contribution in [0.2, 0.25) is 0 Å². The van der Waals surface area contributed by atoms with Crippen molar-refractivity contribution in [3.05, 3.63) is 90.0 Å². The molecule has 0 unspecified atom stereocenters. The summed E-state index contributed by atoms with van der Waals surface area (Å²) in [4.78, 5) is 0. The average molecular weight is 388 g/mol. The zero-order chi connectivity index (χ0) is 19.3. The minimum atomic E-state index is 0.774. The van der Waals surface area contributed by atoms with Crippen LogP contribution in [0.4, 0.5) is 0 Å². The van der Waals surface area contributed by atoms with E-state index in [1.165, 1.54) is 11.1 Å². The molecule has 0 saturated carbocycles. The van der Waals surface area contributed by atoms with Crippen LogP contribution in [-0.4, -0.2) is 21.9 Å². The lowest BCUT2D eigenvalue weighted by molar-refractivity contribution is 0.416. The first kappa shape index (κ1) is 18.3. The van der Waals surface area contributed by atoms with Gasteiger partial charge in [0, 0.05) is 11.4 Å². The van der Waals surface area contributed by atoms with Gasteiger partial charge in [0.15, 0.2) is 11.0 Å². The minimum Gasteiger partial charge on any atom is -0.496 e. The maximum Gasteiger partial charge on any atom is 0.196 e. The number of thioether (sulfide) groups is 1. The van der Waals surface area contributed by atoms with Gasteiger partial charge in [-0.15, -0.1) is 10.2 Å². The van der Waals surface area contributed by atoms with Crippen molar-refractivity contribution >= 4 is 11.8 Å². The zero-order valence-electron chi connectivity index (χ0n) is 15.9. The Bertz CT molecular complexity index is 1080. The van der Waals surface area contributed by atoms with Gasteiger partial charge >= 0.3 is 0 Å². The van der Waals surface area contributed by atoms with E-state index in [1.807, 2.05) is 42.5 Å². The topological polar surface area (TPSA) is 39.9 Å². The van der Waals surface area contributed by atoms with Crippen LogP contribution in [0.1, 0.15) is 11.1 Å². The molecule has 140 valence electrons. The SMILES string of the molecule is COc1ccccc1-c1nnc(SCc2ccccc2C)n1-c1ccccc1. The monoisotopic (exact) mass is 387 g/mol. The van der Waals surface area contributed by atoms with Gasteiger partial charge in [0.2, 0.25) is 0 Å². The van der Waals surface area contributed by atoms with E-state index in [0.717, 1.165) is 33.7 Å². The minimum absolute atomic E-state index is 0.774. The molecule has 0 aliphatic heterocycles. The summed E-state index contributed by atoms with van der Waals surface area (Å²) >= 11 is 1.69. The highest BCUT2D eigenvalue weighted by molar-refractivity contribution is 7.98. The second-order valence-corrected chi connectivity index (χ2v) is 7.34. The number of hydrogen-bond donors (Lipinski definition) is 0. The fraction of sp³-hybridized carbons (Fsp3) is 0.130. The Hall–Kier alpha value is -3.05. The van der Waals surface area contributed by atoms with Crippen molar-refractivity contribution in [3.63, 3.8) is 0 Å². The molecule has 0 fully saturated rings. The molecule has 4 nitrogen and oxygen atoms in total. The highest BCUT2D eigenvalue weighted by Crippen LogP contribution is 2.34. The molecule has 0 N–H and O–H groups in total. The van der Waals surface area contributed by atoms with Crippen LogP contribution < -0.4 is 4.74 Å². The third kappa shape index (κ3) is 3.66. The van der Waals surface area contributed by atoms with Crippen LogP contribution in [0.3, 0.4) is 0 Å². The predicted octanol–water partition coefficient (Wildman–Crippen LogP) is 5.54. The Labute approximate surface area is 169 Å². The normalized spacial score (nSPS) is 10.8. The van der Waals surface area contributed by atoms with Gasteiger partial charge in [0.25, 0.3) is 0 Å². The van der Waals surface area contributed by atoms with Gasteiger partial charge in [0.1, 0.15) is 5.75 Å². The third-order valence-corrected chi connectivity index (χ3v) is 5.59. The summed E-state index contributed by atoms with van der Waals surface area (Å²) in [6.07, 6.45) is 0. The molecule has 0 aliphatic rings. The molecule has 1 aromatic heterocycles. The number of aromatic nitrogens is 3. The molecular weight excluding hydrogens is 366 g/mol. The van der Waals surface area contributed by atoms with E-state index in [0.29, 0.717) is 0 Å². The Morgan fingerprint density at radius 3 is 2.36 bits per heavy atom. The smallest absolute Gasteiger partial charge is 0.196 e. The molecule has 0 saturated heterocycles. The molecular formula is C23H21N3OS. The Morgan fingerprint density at radius 2 is 1.57 bits per heavy atom. The largest absolute Gasteiger partial charge is 0.496 e. The molecule has 0 radical (unpaired) electrons. The molecule has 0 atom stereocenters. The number of benzene rings is 3. The first-order chi connectivity index (χ1) is 13.8. The molecule has 28 heavy (non-hydrogen) atoms. The van der Waals surface area contributed by atoms with E-state index in [4.69, 9.17) is 4.74 Å². The van der Waals surface area contributed by atoms with Crippen molar-refractivity contribution in [3.8, 4) is 22.8 Å². The number of ether oxygens (including phenoxy) is 1. The van der Waals surface area contributed by atoms with Gasteiger partial charge in [-0.3, -0.25) is 4.57 Å². The Kier molecular flexibility index (Phi) is 5.44. The van der Waals surface area contributed by atoms with E-state index < -0.39 is 0 Å². The summed E-state index contributed by atoms with van der Waals surface area (Å²) < 4.78 is 7.65.